The van der Waals surface area contributed by atoms with Crippen molar-refractivity contribution in [3.63, 3.8) is 0 Å². The van der Waals surface area contributed by atoms with E-state index in [1.807, 2.05) is 19.2 Å². The Morgan fingerprint density at radius 2 is 2.14 bits per heavy atom. The fraction of sp³-hybridized carbons (Fsp3) is 0.316. The summed E-state index contributed by atoms with van der Waals surface area (Å²) in [6.45, 7) is 9.60. The molecule has 0 spiro atoms. The van der Waals surface area contributed by atoms with Gasteiger partial charge in [-0.25, -0.2) is 9.78 Å². The second-order valence-electron chi connectivity index (χ2n) is 6.24. The highest BCUT2D eigenvalue weighted by Crippen LogP contribution is 2.36. The molecule has 10 heteroatoms. The van der Waals surface area contributed by atoms with Gasteiger partial charge >= 0.3 is 5.97 Å². The van der Waals surface area contributed by atoms with Crippen LogP contribution in [0.4, 0.5) is 5.69 Å². The van der Waals surface area contributed by atoms with Crippen LogP contribution in [0.25, 0.3) is 0 Å². The SMILES string of the molecule is C=C(C)CN(CC)C(=O)COC(=O)c1ccc(Sc2nc(C)cs2)c([N+](=O)[O-])c1. The lowest BCUT2D eigenvalue weighted by Crippen LogP contribution is -2.35. The highest BCUT2D eigenvalue weighted by atomic mass is 32.2. The Kier molecular flexibility index (Phi) is 7.91. The van der Waals surface area contributed by atoms with E-state index in [9.17, 15) is 19.7 Å². The number of hydrogen-bond donors (Lipinski definition) is 0. The average molecular weight is 436 g/mol. The molecule has 0 atom stereocenters. The molecule has 0 fully saturated rings. The maximum atomic E-state index is 12.3. The Bertz CT molecular complexity index is 942. The Labute approximate surface area is 176 Å². The van der Waals surface area contributed by atoms with Crippen molar-refractivity contribution in [1.29, 1.82) is 0 Å². The van der Waals surface area contributed by atoms with Gasteiger partial charge in [-0.1, -0.05) is 23.9 Å². The molecule has 29 heavy (non-hydrogen) atoms. The van der Waals surface area contributed by atoms with Gasteiger partial charge in [0.25, 0.3) is 11.6 Å². The minimum absolute atomic E-state index is 0.00659. The summed E-state index contributed by atoms with van der Waals surface area (Å²) in [7, 11) is 0. The molecule has 0 saturated heterocycles. The summed E-state index contributed by atoms with van der Waals surface area (Å²) >= 11 is 2.54. The number of nitrogens with zero attached hydrogens (tertiary/aromatic N) is 3. The summed E-state index contributed by atoms with van der Waals surface area (Å²) in [5.41, 5.74) is 1.43. The smallest absolute Gasteiger partial charge is 0.338 e. The van der Waals surface area contributed by atoms with Crippen LogP contribution in [0.5, 0.6) is 0 Å². The van der Waals surface area contributed by atoms with Gasteiger partial charge in [-0.2, -0.15) is 0 Å². The lowest BCUT2D eigenvalue weighted by atomic mass is 10.2. The van der Waals surface area contributed by atoms with Gasteiger partial charge in [0, 0.05) is 30.2 Å². The van der Waals surface area contributed by atoms with Gasteiger partial charge in [0.15, 0.2) is 10.9 Å². The maximum Gasteiger partial charge on any atom is 0.338 e. The van der Waals surface area contributed by atoms with Crippen LogP contribution in [0.3, 0.4) is 0 Å². The number of likely N-dealkylation sites (N-methyl/N-ethyl adjacent to an activating group) is 1. The van der Waals surface area contributed by atoms with E-state index in [4.69, 9.17) is 4.74 Å². The van der Waals surface area contributed by atoms with Gasteiger partial charge in [-0.05, 0) is 32.9 Å². The summed E-state index contributed by atoms with van der Waals surface area (Å²) in [6, 6.07) is 4.08. The van der Waals surface area contributed by atoms with E-state index >= 15 is 0 Å². The minimum Gasteiger partial charge on any atom is -0.452 e. The summed E-state index contributed by atoms with van der Waals surface area (Å²) in [6.07, 6.45) is 0. The number of amides is 1. The number of aromatic nitrogens is 1. The largest absolute Gasteiger partial charge is 0.452 e. The van der Waals surface area contributed by atoms with Crippen LogP contribution in [0.1, 0.15) is 29.9 Å². The average Bonchev–Trinajstić information content (AvgIpc) is 3.08. The molecule has 0 aliphatic carbocycles. The number of aryl methyl sites for hydroxylation is 1. The van der Waals surface area contributed by atoms with Crippen molar-refractivity contribution in [3.05, 3.63) is 57.1 Å². The van der Waals surface area contributed by atoms with Crippen LogP contribution in [0.15, 0.2) is 45.0 Å². The first-order chi connectivity index (χ1) is 13.7. The predicted octanol–water partition coefficient (Wildman–Crippen LogP) is 4.09. The van der Waals surface area contributed by atoms with E-state index in [0.717, 1.165) is 29.1 Å². The van der Waals surface area contributed by atoms with Gasteiger partial charge < -0.3 is 9.64 Å². The molecule has 2 rings (SSSR count). The molecular formula is C19H21N3O5S2. The first-order valence-electron chi connectivity index (χ1n) is 8.69. The number of carbonyl (C=O) groups excluding carboxylic acids is 2. The molecule has 8 nitrogen and oxygen atoms in total. The molecule has 0 bridgehead atoms. The van der Waals surface area contributed by atoms with Gasteiger partial charge in [0.05, 0.1) is 15.4 Å². The number of nitro groups is 1. The quantitative estimate of drug-likeness (QED) is 0.253. The third-order valence-electron chi connectivity index (χ3n) is 3.71. The van der Waals surface area contributed by atoms with Crippen molar-refractivity contribution < 1.29 is 19.2 Å². The Morgan fingerprint density at radius 3 is 2.69 bits per heavy atom. The molecule has 0 N–H and O–H groups in total. The molecule has 1 aromatic carbocycles. The van der Waals surface area contributed by atoms with E-state index in [2.05, 4.69) is 11.6 Å². The van der Waals surface area contributed by atoms with E-state index in [1.54, 1.807) is 6.92 Å². The zero-order valence-electron chi connectivity index (χ0n) is 16.3. The Balaban J connectivity index is 2.10. The molecule has 1 heterocycles. The van der Waals surface area contributed by atoms with Crippen LogP contribution in [-0.4, -0.2) is 46.4 Å². The van der Waals surface area contributed by atoms with Crippen LogP contribution in [-0.2, 0) is 9.53 Å². The summed E-state index contributed by atoms with van der Waals surface area (Å²) < 4.78 is 5.72. The molecule has 0 radical (unpaired) electrons. The first kappa shape index (κ1) is 22.6. The van der Waals surface area contributed by atoms with Crippen molar-refractivity contribution in [1.82, 2.24) is 9.88 Å². The first-order valence-corrected chi connectivity index (χ1v) is 10.4. The number of thiazole rings is 1. The predicted molar refractivity (Wildman–Crippen MR) is 111 cm³/mol. The summed E-state index contributed by atoms with van der Waals surface area (Å²) in [5, 5.41) is 13.3. The highest BCUT2D eigenvalue weighted by Gasteiger charge is 2.21. The fourth-order valence-corrected chi connectivity index (χ4v) is 4.23. The number of hydrogen-bond acceptors (Lipinski definition) is 8. The van der Waals surface area contributed by atoms with Crippen molar-refractivity contribution >= 4 is 40.7 Å². The zero-order chi connectivity index (χ0) is 21.6. The standard InChI is InChI=1S/C19H21N3O5S2/c1-5-21(9-12(2)3)17(23)10-27-18(24)14-6-7-16(15(8-14)22(25)26)29-19-20-13(4)11-28-19/h6-8,11H,2,5,9-10H2,1,3-4H3. The number of nitro benzene ring substituents is 1. The van der Waals surface area contributed by atoms with Crippen molar-refractivity contribution in [2.45, 2.75) is 30.0 Å². The van der Waals surface area contributed by atoms with Crippen LogP contribution in [0.2, 0.25) is 0 Å². The molecular weight excluding hydrogens is 414 g/mol. The Morgan fingerprint density at radius 1 is 1.41 bits per heavy atom. The van der Waals surface area contributed by atoms with E-state index < -0.39 is 17.5 Å². The fourth-order valence-electron chi connectivity index (χ4n) is 2.35. The molecule has 2 aromatic rings. The number of ether oxygens (including phenoxy) is 1. The third kappa shape index (κ3) is 6.40. The zero-order valence-corrected chi connectivity index (χ0v) is 18.0. The second-order valence-corrected chi connectivity index (χ2v) is 8.38. The third-order valence-corrected chi connectivity index (χ3v) is 5.83. The van der Waals surface area contributed by atoms with E-state index in [-0.39, 0.29) is 17.2 Å². The Hall–Kier alpha value is -2.72. The van der Waals surface area contributed by atoms with Crippen LogP contribution in [0, 0.1) is 17.0 Å². The number of rotatable bonds is 9. The van der Waals surface area contributed by atoms with Crippen LogP contribution >= 0.6 is 23.1 Å². The van der Waals surface area contributed by atoms with Crippen molar-refractivity contribution in [3.8, 4) is 0 Å². The maximum absolute atomic E-state index is 12.3. The number of benzene rings is 1. The van der Waals surface area contributed by atoms with Gasteiger partial charge in [-0.15, -0.1) is 11.3 Å². The molecule has 1 amide bonds. The van der Waals surface area contributed by atoms with Crippen molar-refractivity contribution in [2.24, 2.45) is 0 Å². The number of esters is 1. The highest BCUT2D eigenvalue weighted by molar-refractivity contribution is 8.01. The lowest BCUT2D eigenvalue weighted by Gasteiger charge is -2.20. The number of carbonyl (C=O) groups is 2. The molecule has 0 aliphatic heterocycles. The molecule has 0 saturated carbocycles. The monoisotopic (exact) mass is 435 g/mol. The van der Waals surface area contributed by atoms with Gasteiger partial charge in [0.2, 0.25) is 0 Å². The van der Waals surface area contributed by atoms with Gasteiger partial charge in [0.1, 0.15) is 0 Å². The minimum atomic E-state index is -0.797. The van der Waals surface area contributed by atoms with Crippen molar-refractivity contribution in [2.75, 3.05) is 19.7 Å². The van der Waals surface area contributed by atoms with Crippen LogP contribution < -0.4 is 0 Å². The lowest BCUT2D eigenvalue weighted by molar-refractivity contribution is -0.387. The normalized spacial score (nSPS) is 10.4. The summed E-state index contributed by atoms with van der Waals surface area (Å²) in [4.78, 5) is 41.5. The molecule has 0 unspecified atom stereocenters. The molecule has 0 aliphatic rings. The summed E-state index contributed by atoms with van der Waals surface area (Å²) in [5.74, 6) is -1.15. The second kappa shape index (κ2) is 10.2. The molecule has 1 aromatic heterocycles. The molecule has 154 valence electrons. The van der Waals surface area contributed by atoms with E-state index in [0.29, 0.717) is 22.3 Å². The topological polar surface area (TPSA) is 103 Å². The van der Waals surface area contributed by atoms with E-state index in [1.165, 1.54) is 28.4 Å². The van der Waals surface area contributed by atoms with Gasteiger partial charge in [-0.3, -0.25) is 14.9 Å².